The molecular formula is C29H44ClN11O. The molecule has 13 heteroatoms. The molecule has 2 atom stereocenters. The monoisotopic (exact) mass is 597 g/mol. The second-order valence-corrected chi connectivity index (χ2v) is 11.5. The largest absolute Gasteiger partial charge is 0.397 e. The number of nitrogen functional groups attached to an aromatic ring is 3. The van der Waals surface area contributed by atoms with Crippen molar-refractivity contribution in [3.63, 3.8) is 0 Å². The minimum atomic E-state index is -0.479. The normalized spacial score (nSPS) is 14.1. The molecule has 0 aliphatic carbocycles. The fourth-order valence-corrected chi connectivity index (χ4v) is 4.61. The number of anilines is 5. The first-order valence-electron chi connectivity index (χ1n) is 14.4. The Balaban J connectivity index is 0.000000230. The molecule has 4 aromatic rings. The number of nitrogens with zero attached hydrogens (tertiary/aromatic N) is 6. The summed E-state index contributed by atoms with van der Waals surface area (Å²) in [7, 11) is 0. The van der Waals surface area contributed by atoms with Crippen LogP contribution < -0.4 is 27.8 Å². The Bertz CT molecular complexity index is 1370. The van der Waals surface area contributed by atoms with Crippen molar-refractivity contribution in [2.75, 3.05) is 34.4 Å². The molecular weight excluding hydrogens is 554 g/mol. The zero-order chi connectivity index (χ0) is 30.9. The van der Waals surface area contributed by atoms with E-state index in [0.29, 0.717) is 44.4 Å². The van der Waals surface area contributed by atoms with Crippen molar-refractivity contribution in [1.29, 1.82) is 0 Å². The molecule has 42 heavy (non-hydrogen) atoms. The van der Waals surface area contributed by atoms with E-state index in [4.69, 9.17) is 28.8 Å². The fraction of sp³-hybridized carbons (Fsp3) is 0.517. The van der Waals surface area contributed by atoms with Gasteiger partial charge in [0.1, 0.15) is 11.0 Å². The molecule has 12 nitrogen and oxygen atoms in total. The zero-order valence-electron chi connectivity index (χ0n) is 25.2. The van der Waals surface area contributed by atoms with Crippen LogP contribution >= 0.6 is 11.6 Å². The molecule has 0 bridgehead atoms. The number of halogens is 1. The SMILES string of the molecule is CCCC[C@@](C)(CC)Nc1nc(N)nc2cc(Cl)cnc12.CCCC[C@@](C)(CO)Nc1nc(N)nc2cc(N)cnc12. The summed E-state index contributed by atoms with van der Waals surface area (Å²) in [6, 6.07) is 3.45. The maximum atomic E-state index is 9.68. The molecule has 9 N–H and O–H groups in total. The summed E-state index contributed by atoms with van der Waals surface area (Å²) in [5.74, 6) is 1.57. The van der Waals surface area contributed by atoms with E-state index in [1.807, 2.05) is 6.92 Å². The van der Waals surface area contributed by atoms with Gasteiger partial charge >= 0.3 is 0 Å². The molecule has 4 heterocycles. The van der Waals surface area contributed by atoms with Gasteiger partial charge in [0.2, 0.25) is 11.9 Å². The van der Waals surface area contributed by atoms with Crippen LogP contribution in [0.25, 0.3) is 22.1 Å². The van der Waals surface area contributed by atoms with Gasteiger partial charge in [-0.2, -0.15) is 9.97 Å². The summed E-state index contributed by atoms with van der Waals surface area (Å²) in [6.07, 6.45) is 10.4. The standard InChI is InChI=1S/C15H22ClN5.C14H22N6O/c1-4-6-7-15(3,5-2)21-13-12-11(19-14(17)20-13)8-10(16)9-18-12;1-3-4-5-14(2,8-21)20-12-11-10(18-13(16)19-12)6-9(15)7-17-11/h8-9H,4-7H2,1-3H3,(H3,17,19,20,21);6-7,21H,3-5,8,15H2,1-2H3,(H3,16,18,19,20)/t15-;14-/m10/s1. The van der Waals surface area contributed by atoms with Crippen molar-refractivity contribution in [2.24, 2.45) is 0 Å². The second-order valence-electron chi connectivity index (χ2n) is 11.1. The van der Waals surface area contributed by atoms with Crippen LogP contribution in [-0.2, 0) is 0 Å². The lowest BCUT2D eigenvalue weighted by Crippen LogP contribution is -2.39. The van der Waals surface area contributed by atoms with E-state index < -0.39 is 5.54 Å². The summed E-state index contributed by atoms with van der Waals surface area (Å²) >= 11 is 5.97. The number of nitrogens with two attached hydrogens (primary N) is 3. The highest BCUT2D eigenvalue weighted by Crippen LogP contribution is 2.29. The maximum Gasteiger partial charge on any atom is 0.222 e. The number of aromatic nitrogens is 6. The predicted octanol–water partition coefficient (Wildman–Crippen LogP) is 5.57. The second kappa shape index (κ2) is 14.4. The Hall–Kier alpha value is -3.77. The summed E-state index contributed by atoms with van der Waals surface area (Å²) in [4.78, 5) is 25.5. The number of unbranched alkanes of at least 4 members (excludes halogenated alkanes) is 2. The van der Waals surface area contributed by atoms with Crippen LogP contribution in [0.2, 0.25) is 5.02 Å². The third kappa shape index (κ3) is 8.62. The van der Waals surface area contributed by atoms with Crippen LogP contribution in [0.15, 0.2) is 24.5 Å². The zero-order valence-corrected chi connectivity index (χ0v) is 26.0. The Morgan fingerprint density at radius 3 is 1.79 bits per heavy atom. The number of hydrogen-bond donors (Lipinski definition) is 6. The highest BCUT2D eigenvalue weighted by molar-refractivity contribution is 6.31. The number of pyridine rings is 2. The molecule has 0 unspecified atom stereocenters. The third-order valence-corrected chi connectivity index (χ3v) is 7.43. The Morgan fingerprint density at radius 2 is 1.26 bits per heavy atom. The van der Waals surface area contributed by atoms with Crippen LogP contribution in [0.3, 0.4) is 0 Å². The first kappa shape index (κ1) is 32.7. The summed E-state index contributed by atoms with van der Waals surface area (Å²) < 4.78 is 0. The van der Waals surface area contributed by atoms with E-state index in [1.165, 1.54) is 0 Å². The van der Waals surface area contributed by atoms with E-state index in [2.05, 4.69) is 68.2 Å². The summed E-state index contributed by atoms with van der Waals surface area (Å²) in [5, 5.41) is 17.0. The minimum absolute atomic E-state index is 0.00657. The van der Waals surface area contributed by atoms with Crippen LogP contribution in [0.5, 0.6) is 0 Å². The molecule has 0 saturated heterocycles. The fourth-order valence-electron chi connectivity index (χ4n) is 4.45. The lowest BCUT2D eigenvalue weighted by Gasteiger charge is -2.30. The van der Waals surface area contributed by atoms with E-state index in [-0.39, 0.29) is 24.0 Å². The molecule has 0 aromatic carbocycles. The van der Waals surface area contributed by atoms with Crippen molar-refractivity contribution in [3.8, 4) is 0 Å². The quantitative estimate of drug-likeness (QED) is 0.119. The number of hydrogen-bond acceptors (Lipinski definition) is 12. The number of aliphatic hydroxyl groups excluding tert-OH is 1. The molecule has 0 saturated carbocycles. The van der Waals surface area contributed by atoms with Gasteiger partial charge < -0.3 is 32.9 Å². The highest BCUT2D eigenvalue weighted by Gasteiger charge is 2.25. The van der Waals surface area contributed by atoms with Gasteiger partial charge in [0.05, 0.1) is 40.1 Å². The van der Waals surface area contributed by atoms with Gasteiger partial charge in [-0.25, -0.2) is 19.9 Å². The number of nitrogens with one attached hydrogen (secondary N) is 2. The Labute approximate surface area is 252 Å². The van der Waals surface area contributed by atoms with Crippen molar-refractivity contribution in [2.45, 2.75) is 90.6 Å². The lowest BCUT2D eigenvalue weighted by molar-refractivity contribution is 0.212. The summed E-state index contributed by atoms with van der Waals surface area (Å²) in [6.45, 7) is 10.6. The average Bonchev–Trinajstić information content (AvgIpc) is 2.94. The van der Waals surface area contributed by atoms with Gasteiger partial charge in [-0.3, -0.25) is 0 Å². The van der Waals surface area contributed by atoms with Gasteiger partial charge in [-0.05, 0) is 45.2 Å². The molecule has 4 rings (SSSR count). The number of rotatable bonds is 12. The van der Waals surface area contributed by atoms with Gasteiger partial charge in [-0.15, -0.1) is 0 Å². The smallest absolute Gasteiger partial charge is 0.222 e. The molecule has 0 radical (unpaired) electrons. The van der Waals surface area contributed by atoms with Crippen molar-refractivity contribution >= 4 is 62.9 Å². The molecule has 0 spiro atoms. The number of aliphatic hydroxyl groups is 1. The highest BCUT2D eigenvalue weighted by atomic mass is 35.5. The van der Waals surface area contributed by atoms with E-state index in [9.17, 15) is 5.11 Å². The van der Waals surface area contributed by atoms with Crippen LogP contribution in [0, 0.1) is 0 Å². The molecule has 0 amide bonds. The van der Waals surface area contributed by atoms with Gasteiger partial charge in [0, 0.05) is 11.7 Å². The lowest BCUT2D eigenvalue weighted by atomic mass is 9.92. The maximum absolute atomic E-state index is 9.68. The molecule has 0 aliphatic rings. The van der Waals surface area contributed by atoms with Gasteiger partial charge in [-0.1, -0.05) is 58.1 Å². The van der Waals surface area contributed by atoms with Gasteiger partial charge in [0.25, 0.3) is 0 Å². The first-order chi connectivity index (χ1) is 19.9. The molecule has 228 valence electrons. The molecule has 0 fully saturated rings. The summed E-state index contributed by atoms with van der Waals surface area (Å²) in [5.41, 5.74) is 19.8. The van der Waals surface area contributed by atoms with E-state index in [0.717, 1.165) is 44.9 Å². The van der Waals surface area contributed by atoms with Gasteiger partial charge in [0.15, 0.2) is 11.6 Å². The number of fused-ring (bicyclic) bond motifs is 2. The van der Waals surface area contributed by atoms with Crippen LogP contribution in [0.4, 0.5) is 29.2 Å². The van der Waals surface area contributed by atoms with Crippen LogP contribution in [-0.4, -0.2) is 52.7 Å². The van der Waals surface area contributed by atoms with Crippen molar-refractivity contribution < 1.29 is 5.11 Å². The third-order valence-electron chi connectivity index (χ3n) is 7.23. The van der Waals surface area contributed by atoms with E-state index >= 15 is 0 Å². The van der Waals surface area contributed by atoms with Crippen molar-refractivity contribution in [3.05, 3.63) is 29.5 Å². The first-order valence-corrected chi connectivity index (χ1v) is 14.8. The average molecular weight is 598 g/mol. The van der Waals surface area contributed by atoms with Crippen molar-refractivity contribution in [1.82, 2.24) is 29.9 Å². The Morgan fingerprint density at radius 1 is 0.762 bits per heavy atom. The minimum Gasteiger partial charge on any atom is -0.397 e. The van der Waals surface area contributed by atoms with E-state index in [1.54, 1.807) is 24.5 Å². The molecule has 0 aliphatic heterocycles. The topological polar surface area (TPSA) is 200 Å². The molecule has 4 aromatic heterocycles. The predicted molar refractivity (Wildman–Crippen MR) is 173 cm³/mol. The van der Waals surface area contributed by atoms with Crippen LogP contribution in [0.1, 0.15) is 79.6 Å². The Kier molecular flexibility index (Phi) is 11.2.